The number of hydrogen-bond acceptors (Lipinski definition) is 0. The molecule has 0 bridgehead atoms. The predicted octanol–water partition coefficient (Wildman–Crippen LogP) is 3.75. The average molecular weight is 218 g/mol. The highest BCUT2D eigenvalue weighted by atomic mass is 35.5. The second-order valence-corrected chi connectivity index (χ2v) is 4.52. The van der Waals surface area contributed by atoms with Crippen LogP contribution in [0.4, 0.5) is 0 Å². The van der Waals surface area contributed by atoms with E-state index >= 15 is 0 Å². The van der Waals surface area contributed by atoms with Gasteiger partial charge in [0.05, 0.1) is 0 Å². The maximum Gasteiger partial charge on any atom is 0.102 e. The fourth-order valence-electron chi connectivity index (χ4n) is 1.12. The molecule has 1 aromatic carbocycles. The Hall–Kier alpha value is -0.240. The van der Waals surface area contributed by atoms with Gasteiger partial charge in [-0.05, 0) is 31.5 Å². The first-order chi connectivity index (χ1) is 5.88. The summed E-state index contributed by atoms with van der Waals surface area (Å²) in [5, 5.41) is 12.6. The molecule has 1 rings (SSSR count). The first-order valence-corrected chi connectivity index (χ1v) is 4.78. The van der Waals surface area contributed by atoms with E-state index in [1.165, 1.54) is 0 Å². The third-order valence-corrected chi connectivity index (χ3v) is 2.22. The SMILES string of the molecule is CC(C)([O])Cc1ccc(Cl)cc1Cl. The second-order valence-electron chi connectivity index (χ2n) is 3.67. The lowest BCUT2D eigenvalue weighted by Gasteiger charge is -2.14. The molecule has 0 aliphatic heterocycles. The molecule has 1 nitrogen and oxygen atoms in total. The Morgan fingerprint density at radius 3 is 2.38 bits per heavy atom. The summed E-state index contributed by atoms with van der Waals surface area (Å²) in [5.74, 6) is 0. The van der Waals surface area contributed by atoms with Crippen molar-refractivity contribution >= 4 is 23.2 Å². The van der Waals surface area contributed by atoms with Crippen molar-refractivity contribution < 1.29 is 5.11 Å². The normalized spacial score (nSPS) is 11.8. The summed E-state index contributed by atoms with van der Waals surface area (Å²) in [5.41, 5.74) is -0.136. The van der Waals surface area contributed by atoms with Gasteiger partial charge in [0.2, 0.25) is 0 Å². The first kappa shape index (κ1) is 10.8. The zero-order valence-electron chi connectivity index (χ0n) is 7.60. The molecule has 0 heterocycles. The molecule has 0 spiro atoms. The molecular weight excluding hydrogens is 207 g/mol. The van der Waals surface area contributed by atoms with Crippen molar-refractivity contribution in [2.24, 2.45) is 0 Å². The quantitative estimate of drug-likeness (QED) is 0.720. The van der Waals surface area contributed by atoms with Crippen LogP contribution < -0.4 is 0 Å². The van der Waals surface area contributed by atoms with Crippen molar-refractivity contribution in [3.05, 3.63) is 33.8 Å². The van der Waals surface area contributed by atoms with Crippen molar-refractivity contribution in [1.82, 2.24) is 0 Å². The lowest BCUT2D eigenvalue weighted by Crippen LogP contribution is -2.20. The van der Waals surface area contributed by atoms with Crippen LogP contribution in [0, 0.1) is 0 Å². The van der Waals surface area contributed by atoms with E-state index in [0.717, 1.165) is 5.56 Å². The van der Waals surface area contributed by atoms with Crippen molar-refractivity contribution in [3.63, 3.8) is 0 Å². The molecule has 71 valence electrons. The minimum absolute atomic E-state index is 0.420. The number of halogens is 2. The van der Waals surface area contributed by atoms with Gasteiger partial charge in [0.1, 0.15) is 5.60 Å². The number of hydrogen-bond donors (Lipinski definition) is 0. The van der Waals surface area contributed by atoms with Crippen molar-refractivity contribution in [1.29, 1.82) is 0 Å². The van der Waals surface area contributed by atoms with Crippen LogP contribution in [0.5, 0.6) is 0 Å². The molecule has 1 radical (unpaired) electrons. The van der Waals surface area contributed by atoms with Gasteiger partial charge in [-0.1, -0.05) is 29.3 Å². The molecule has 0 amide bonds. The molecule has 1 aromatic rings. The smallest absolute Gasteiger partial charge is 0.102 e. The highest BCUT2D eigenvalue weighted by molar-refractivity contribution is 6.35. The predicted molar refractivity (Wildman–Crippen MR) is 54.9 cm³/mol. The van der Waals surface area contributed by atoms with Crippen LogP contribution in [0.15, 0.2) is 18.2 Å². The van der Waals surface area contributed by atoms with Crippen LogP contribution in [-0.4, -0.2) is 5.60 Å². The zero-order valence-corrected chi connectivity index (χ0v) is 9.12. The molecule has 0 aliphatic rings. The van der Waals surface area contributed by atoms with E-state index in [2.05, 4.69) is 0 Å². The summed E-state index contributed by atoms with van der Waals surface area (Å²) in [6.45, 7) is 3.27. The van der Waals surface area contributed by atoms with Crippen LogP contribution >= 0.6 is 23.2 Å². The van der Waals surface area contributed by atoms with E-state index in [1.54, 1.807) is 32.0 Å². The molecule has 0 saturated heterocycles. The largest absolute Gasteiger partial charge is 0.230 e. The fraction of sp³-hybridized carbons (Fsp3) is 0.400. The van der Waals surface area contributed by atoms with Crippen LogP contribution in [0.1, 0.15) is 19.4 Å². The van der Waals surface area contributed by atoms with Crippen molar-refractivity contribution in [2.45, 2.75) is 25.9 Å². The van der Waals surface area contributed by atoms with E-state index in [0.29, 0.717) is 16.5 Å². The molecule has 0 aliphatic carbocycles. The summed E-state index contributed by atoms with van der Waals surface area (Å²) in [6.07, 6.45) is 0.420. The molecule has 0 unspecified atom stereocenters. The highest BCUT2D eigenvalue weighted by Gasteiger charge is 2.17. The zero-order chi connectivity index (χ0) is 10.1. The summed E-state index contributed by atoms with van der Waals surface area (Å²) < 4.78 is 0. The Labute approximate surface area is 88.3 Å². The Kier molecular flexibility index (Phi) is 3.23. The number of benzene rings is 1. The molecule has 0 fully saturated rings. The van der Waals surface area contributed by atoms with Gasteiger partial charge in [0.25, 0.3) is 0 Å². The van der Waals surface area contributed by atoms with Crippen LogP contribution in [0.25, 0.3) is 0 Å². The van der Waals surface area contributed by atoms with E-state index in [4.69, 9.17) is 23.2 Å². The van der Waals surface area contributed by atoms with Gasteiger partial charge in [-0.3, -0.25) is 0 Å². The fourth-order valence-corrected chi connectivity index (χ4v) is 1.60. The topological polar surface area (TPSA) is 19.9 Å². The van der Waals surface area contributed by atoms with E-state index in [9.17, 15) is 5.11 Å². The third-order valence-electron chi connectivity index (χ3n) is 1.63. The van der Waals surface area contributed by atoms with Gasteiger partial charge in [0, 0.05) is 16.5 Å². The van der Waals surface area contributed by atoms with E-state index < -0.39 is 5.60 Å². The van der Waals surface area contributed by atoms with Crippen molar-refractivity contribution in [2.75, 3.05) is 0 Å². The Morgan fingerprint density at radius 1 is 1.31 bits per heavy atom. The summed E-state index contributed by atoms with van der Waals surface area (Å²) >= 11 is 11.6. The molecule has 0 N–H and O–H groups in total. The van der Waals surface area contributed by atoms with E-state index in [1.807, 2.05) is 0 Å². The Balaban J connectivity index is 2.90. The minimum atomic E-state index is -0.989. The molecule has 13 heavy (non-hydrogen) atoms. The maximum atomic E-state index is 11.4. The van der Waals surface area contributed by atoms with Gasteiger partial charge >= 0.3 is 0 Å². The van der Waals surface area contributed by atoms with Crippen LogP contribution in [-0.2, 0) is 11.5 Å². The second kappa shape index (κ2) is 3.87. The first-order valence-electron chi connectivity index (χ1n) is 4.03. The molecule has 0 atom stereocenters. The summed E-state index contributed by atoms with van der Waals surface area (Å²) in [7, 11) is 0. The average Bonchev–Trinajstić information content (AvgIpc) is 1.93. The monoisotopic (exact) mass is 217 g/mol. The summed E-state index contributed by atoms with van der Waals surface area (Å²) in [4.78, 5) is 0. The molecular formula is C10H11Cl2O. The van der Waals surface area contributed by atoms with Crippen LogP contribution in [0.3, 0.4) is 0 Å². The number of rotatable bonds is 2. The van der Waals surface area contributed by atoms with Gasteiger partial charge in [-0.15, -0.1) is 0 Å². The molecule has 0 saturated carbocycles. The Morgan fingerprint density at radius 2 is 1.92 bits per heavy atom. The van der Waals surface area contributed by atoms with Gasteiger partial charge in [-0.25, -0.2) is 5.11 Å². The van der Waals surface area contributed by atoms with Gasteiger partial charge < -0.3 is 0 Å². The highest BCUT2D eigenvalue weighted by Crippen LogP contribution is 2.24. The molecule has 0 aromatic heterocycles. The van der Waals surface area contributed by atoms with Crippen LogP contribution in [0.2, 0.25) is 10.0 Å². The summed E-state index contributed by atoms with van der Waals surface area (Å²) in [6, 6.07) is 5.20. The van der Waals surface area contributed by atoms with Crippen molar-refractivity contribution in [3.8, 4) is 0 Å². The molecule has 3 heteroatoms. The van der Waals surface area contributed by atoms with Gasteiger partial charge in [-0.2, -0.15) is 0 Å². The lowest BCUT2D eigenvalue weighted by atomic mass is 9.99. The Bertz CT molecular complexity index is 302. The standard InChI is InChI=1S/C10H11Cl2O/c1-10(2,13)6-7-3-4-8(11)5-9(7)12/h3-5H,6H2,1-2H3. The minimum Gasteiger partial charge on any atom is -0.230 e. The third kappa shape index (κ3) is 3.55. The lowest BCUT2D eigenvalue weighted by molar-refractivity contribution is 0.00480. The van der Waals surface area contributed by atoms with Gasteiger partial charge in [0.15, 0.2) is 0 Å². The van der Waals surface area contributed by atoms with E-state index in [-0.39, 0.29) is 0 Å². The maximum absolute atomic E-state index is 11.4.